The maximum absolute atomic E-state index is 6.03. The second-order valence-corrected chi connectivity index (χ2v) is 5.26. The van der Waals surface area contributed by atoms with Gasteiger partial charge in [0.2, 0.25) is 0 Å². The quantitative estimate of drug-likeness (QED) is 0.684. The van der Waals surface area contributed by atoms with Crippen LogP contribution in [-0.2, 0) is 5.88 Å². The van der Waals surface area contributed by atoms with Gasteiger partial charge in [-0.05, 0) is 37.3 Å². The molecule has 0 saturated heterocycles. The van der Waals surface area contributed by atoms with Gasteiger partial charge >= 0.3 is 0 Å². The van der Waals surface area contributed by atoms with Gasteiger partial charge in [0.25, 0.3) is 0 Å². The van der Waals surface area contributed by atoms with Crippen molar-refractivity contribution in [1.29, 1.82) is 0 Å². The van der Waals surface area contributed by atoms with Crippen LogP contribution in [0.2, 0.25) is 0 Å². The summed E-state index contributed by atoms with van der Waals surface area (Å²) in [4.78, 5) is 0. The third-order valence-corrected chi connectivity index (χ3v) is 3.73. The molecule has 0 aliphatic carbocycles. The molecule has 0 unspecified atom stereocenters. The first-order valence-corrected chi connectivity index (χ1v) is 7.48. The third-order valence-electron chi connectivity index (χ3n) is 3.48. The average Bonchev–Trinajstić information content (AvgIpc) is 2.99. The Labute approximate surface area is 134 Å². The molecule has 0 fully saturated rings. The fourth-order valence-electron chi connectivity index (χ4n) is 2.39. The Morgan fingerprint density at radius 1 is 1.14 bits per heavy atom. The highest BCUT2D eigenvalue weighted by molar-refractivity contribution is 6.17. The van der Waals surface area contributed by atoms with Gasteiger partial charge in [-0.1, -0.05) is 29.0 Å². The zero-order chi connectivity index (χ0) is 15.5. The molecule has 22 heavy (non-hydrogen) atoms. The van der Waals surface area contributed by atoms with Crippen LogP contribution in [0.4, 0.5) is 0 Å². The van der Waals surface area contributed by atoms with E-state index in [1.165, 1.54) is 5.56 Å². The summed E-state index contributed by atoms with van der Waals surface area (Å²) in [5.41, 5.74) is 4.84. The summed E-state index contributed by atoms with van der Waals surface area (Å²) in [6, 6.07) is 15.9. The maximum Gasteiger partial charge on any atom is 0.119 e. The molecule has 0 saturated carbocycles. The SMILES string of the molecule is COc1ccc(-n2nnc(CCl)c2-c2cccc(C)c2)cc1. The predicted molar refractivity (Wildman–Crippen MR) is 87.6 cm³/mol. The normalized spacial score (nSPS) is 10.7. The molecule has 0 amide bonds. The number of ether oxygens (including phenoxy) is 1. The Hall–Kier alpha value is -2.33. The molecule has 2 aromatic carbocycles. The van der Waals surface area contributed by atoms with E-state index in [1.807, 2.05) is 41.1 Å². The van der Waals surface area contributed by atoms with Crippen molar-refractivity contribution in [3.8, 4) is 22.7 Å². The summed E-state index contributed by atoms with van der Waals surface area (Å²) in [6.07, 6.45) is 0. The van der Waals surface area contributed by atoms with Crippen LogP contribution in [0.15, 0.2) is 48.5 Å². The van der Waals surface area contributed by atoms with E-state index >= 15 is 0 Å². The summed E-state index contributed by atoms with van der Waals surface area (Å²) in [7, 11) is 1.65. The van der Waals surface area contributed by atoms with Crippen molar-refractivity contribution < 1.29 is 4.74 Å². The molecule has 4 nitrogen and oxygen atoms in total. The van der Waals surface area contributed by atoms with Crippen LogP contribution in [0.1, 0.15) is 11.3 Å². The van der Waals surface area contributed by atoms with Crippen molar-refractivity contribution in [3.05, 3.63) is 59.8 Å². The van der Waals surface area contributed by atoms with E-state index in [-0.39, 0.29) is 0 Å². The first-order chi connectivity index (χ1) is 10.7. The summed E-state index contributed by atoms with van der Waals surface area (Å²) in [6.45, 7) is 2.06. The summed E-state index contributed by atoms with van der Waals surface area (Å²) >= 11 is 6.03. The van der Waals surface area contributed by atoms with Crippen LogP contribution in [0, 0.1) is 6.92 Å². The van der Waals surface area contributed by atoms with Gasteiger partial charge in [0, 0.05) is 5.56 Å². The van der Waals surface area contributed by atoms with Crippen LogP contribution in [0.5, 0.6) is 5.75 Å². The number of hydrogen-bond acceptors (Lipinski definition) is 3. The lowest BCUT2D eigenvalue weighted by Crippen LogP contribution is -2.00. The summed E-state index contributed by atoms with van der Waals surface area (Å²) in [5, 5.41) is 8.47. The number of aromatic nitrogens is 3. The average molecular weight is 314 g/mol. The number of hydrogen-bond donors (Lipinski definition) is 0. The molecule has 0 aliphatic rings. The molecule has 1 heterocycles. The number of aryl methyl sites for hydroxylation is 1. The van der Waals surface area contributed by atoms with Crippen LogP contribution < -0.4 is 4.74 Å². The van der Waals surface area contributed by atoms with E-state index in [2.05, 4.69) is 29.4 Å². The van der Waals surface area contributed by atoms with Crippen LogP contribution in [0.25, 0.3) is 16.9 Å². The Morgan fingerprint density at radius 3 is 2.55 bits per heavy atom. The van der Waals surface area contributed by atoms with Crippen molar-refractivity contribution in [3.63, 3.8) is 0 Å². The standard InChI is InChI=1S/C17H16ClN3O/c1-12-4-3-5-13(10-12)17-16(11-18)19-20-21(17)14-6-8-15(22-2)9-7-14/h3-10H,11H2,1-2H3. The Balaban J connectivity index is 2.14. The Kier molecular flexibility index (Phi) is 4.11. The van der Waals surface area contributed by atoms with Crippen molar-refractivity contribution >= 4 is 11.6 Å². The number of benzene rings is 2. The van der Waals surface area contributed by atoms with E-state index in [0.29, 0.717) is 5.88 Å². The van der Waals surface area contributed by atoms with Crippen molar-refractivity contribution in [2.45, 2.75) is 12.8 Å². The van der Waals surface area contributed by atoms with E-state index in [9.17, 15) is 0 Å². The van der Waals surface area contributed by atoms with Gasteiger partial charge < -0.3 is 4.74 Å². The van der Waals surface area contributed by atoms with Gasteiger partial charge in [-0.25, -0.2) is 4.68 Å². The highest BCUT2D eigenvalue weighted by atomic mass is 35.5. The molecule has 5 heteroatoms. The van der Waals surface area contributed by atoms with Gasteiger partial charge in [-0.15, -0.1) is 16.7 Å². The molecule has 0 radical (unpaired) electrons. The molecule has 0 atom stereocenters. The van der Waals surface area contributed by atoms with E-state index in [4.69, 9.17) is 16.3 Å². The minimum Gasteiger partial charge on any atom is -0.497 e. The molecular formula is C17H16ClN3O. The topological polar surface area (TPSA) is 39.9 Å². The zero-order valence-electron chi connectivity index (χ0n) is 12.5. The number of halogens is 1. The minimum absolute atomic E-state index is 0.319. The summed E-state index contributed by atoms with van der Waals surface area (Å²) < 4.78 is 7.01. The lowest BCUT2D eigenvalue weighted by atomic mass is 10.1. The maximum atomic E-state index is 6.03. The smallest absolute Gasteiger partial charge is 0.119 e. The monoisotopic (exact) mass is 313 g/mol. The fourth-order valence-corrected chi connectivity index (χ4v) is 2.57. The minimum atomic E-state index is 0.319. The lowest BCUT2D eigenvalue weighted by Gasteiger charge is -2.09. The molecule has 3 aromatic rings. The number of rotatable bonds is 4. The van der Waals surface area contributed by atoms with Gasteiger partial charge in [-0.3, -0.25) is 0 Å². The van der Waals surface area contributed by atoms with Crippen LogP contribution >= 0.6 is 11.6 Å². The van der Waals surface area contributed by atoms with Gasteiger partial charge in [0.15, 0.2) is 0 Å². The number of nitrogens with zero attached hydrogens (tertiary/aromatic N) is 3. The predicted octanol–water partition coefficient (Wildman–Crippen LogP) is 3.99. The van der Waals surface area contributed by atoms with Crippen molar-refractivity contribution in [1.82, 2.24) is 15.0 Å². The van der Waals surface area contributed by atoms with Gasteiger partial charge in [-0.2, -0.15) is 0 Å². The summed E-state index contributed by atoms with van der Waals surface area (Å²) in [5.74, 6) is 1.12. The third kappa shape index (κ3) is 2.70. The van der Waals surface area contributed by atoms with Gasteiger partial charge in [0.1, 0.15) is 11.4 Å². The molecule has 0 bridgehead atoms. The number of alkyl halides is 1. The van der Waals surface area contributed by atoms with Gasteiger partial charge in [0.05, 0.1) is 24.4 Å². The molecular weight excluding hydrogens is 298 g/mol. The van der Waals surface area contributed by atoms with E-state index in [0.717, 1.165) is 28.4 Å². The van der Waals surface area contributed by atoms with Crippen molar-refractivity contribution in [2.75, 3.05) is 7.11 Å². The highest BCUT2D eigenvalue weighted by Crippen LogP contribution is 2.27. The first kappa shape index (κ1) is 14.6. The lowest BCUT2D eigenvalue weighted by molar-refractivity contribution is 0.414. The first-order valence-electron chi connectivity index (χ1n) is 6.95. The second-order valence-electron chi connectivity index (χ2n) is 5.00. The molecule has 0 aliphatic heterocycles. The molecule has 0 spiro atoms. The molecule has 112 valence electrons. The second kappa shape index (κ2) is 6.20. The Bertz CT molecular complexity index is 781. The van der Waals surface area contributed by atoms with Crippen molar-refractivity contribution in [2.24, 2.45) is 0 Å². The highest BCUT2D eigenvalue weighted by Gasteiger charge is 2.15. The number of methoxy groups -OCH3 is 1. The Morgan fingerprint density at radius 2 is 1.91 bits per heavy atom. The molecule has 0 N–H and O–H groups in total. The fraction of sp³-hybridized carbons (Fsp3) is 0.176. The van der Waals surface area contributed by atoms with Crippen LogP contribution in [-0.4, -0.2) is 22.1 Å². The van der Waals surface area contributed by atoms with E-state index < -0.39 is 0 Å². The molecule has 3 rings (SSSR count). The molecule has 1 aromatic heterocycles. The van der Waals surface area contributed by atoms with E-state index in [1.54, 1.807) is 7.11 Å². The largest absolute Gasteiger partial charge is 0.497 e. The van der Waals surface area contributed by atoms with Crippen LogP contribution in [0.3, 0.4) is 0 Å². The zero-order valence-corrected chi connectivity index (χ0v) is 13.2.